The van der Waals surface area contributed by atoms with Crippen molar-refractivity contribution in [2.45, 2.75) is 26.2 Å². The van der Waals surface area contributed by atoms with Crippen LogP contribution in [0.1, 0.15) is 26.2 Å². The largest absolute Gasteiger partial charge is 0.439 e. The summed E-state index contributed by atoms with van der Waals surface area (Å²) in [5.74, 6) is 0. The standard InChI is InChI=1S/C5H12NO2S/c1-2-3-4-5-8-9(6)7/h6H,2-5H2,1H3/q-1. The molecule has 0 aliphatic rings. The molecule has 0 aromatic rings. The van der Waals surface area contributed by atoms with E-state index in [1.807, 2.05) is 0 Å². The number of rotatable bonds is 5. The Hall–Kier alpha value is -0.0900. The van der Waals surface area contributed by atoms with Gasteiger partial charge in [-0.25, -0.2) is 0 Å². The van der Waals surface area contributed by atoms with Crippen molar-refractivity contribution in [2.24, 2.45) is 0 Å². The Bertz CT molecular complexity index is 114. The maximum absolute atomic E-state index is 9.96. The van der Waals surface area contributed by atoms with Crippen LogP contribution in [0.15, 0.2) is 0 Å². The minimum absolute atomic E-state index is 0.448. The minimum Gasteiger partial charge on any atom is -0.439 e. The van der Waals surface area contributed by atoms with Gasteiger partial charge in [-0.2, -0.15) is 0 Å². The molecule has 0 heterocycles. The lowest BCUT2D eigenvalue weighted by Gasteiger charge is -2.02. The highest BCUT2D eigenvalue weighted by Gasteiger charge is 1.80. The number of hydrogen-bond donors (Lipinski definition) is 1. The lowest BCUT2D eigenvalue weighted by atomic mass is 10.3. The van der Waals surface area contributed by atoms with Gasteiger partial charge in [-0.1, -0.05) is 30.6 Å². The van der Waals surface area contributed by atoms with Gasteiger partial charge in [-0.3, -0.25) is 0 Å². The highest BCUT2D eigenvalue weighted by atomic mass is 32.2. The van der Waals surface area contributed by atoms with Crippen molar-refractivity contribution in [3.05, 3.63) is 0 Å². The summed E-state index contributed by atoms with van der Waals surface area (Å²) in [5, 5.41) is 0. The molecule has 0 unspecified atom stereocenters. The second-order valence-electron chi connectivity index (χ2n) is 1.76. The molecule has 0 aliphatic carbocycles. The Balaban J connectivity index is 2.92. The number of unbranched alkanes of at least 4 members (excludes halogenated alkanes) is 2. The average Bonchev–Trinajstić information content (AvgIpc) is 1.80. The van der Waals surface area contributed by atoms with Gasteiger partial charge in [0.15, 0.2) is 0 Å². The molecule has 0 aromatic carbocycles. The van der Waals surface area contributed by atoms with E-state index in [9.17, 15) is 4.21 Å². The summed E-state index contributed by atoms with van der Waals surface area (Å²) < 4.78 is 20.9. The molecule has 0 spiro atoms. The molecular formula is C5H12NO2S-. The maximum Gasteiger partial charge on any atom is 0.0262 e. The van der Waals surface area contributed by atoms with Gasteiger partial charge in [0.25, 0.3) is 0 Å². The summed E-state index contributed by atoms with van der Waals surface area (Å²) in [4.78, 5) is 0. The van der Waals surface area contributed by atoms with Gasteiger partial charge in [0.1, 0.15) is 0 Å². The summed E-state index contributed by atoms with van der Waals surface area (Å²) in [7, 11) is -1.82. The molecule has 0 aliphatic heterocycles. The molecule has 0 saturated heterocycles. The van der Waals surface area contributed by atoms with E-state index in [1.165, 1.54) is 0 Å². The third-order valence-electron chi connectivity index (χ3n) is 0.938. The zero-order chi connectivity index (χ0) is 7.11. The van der Waals surface area contributed by atoms with E-state index in [-0.39, 0.29) is 0 Å². The maximum atomic E-state index is 9.96. The van der Waals surface area contributed by atoms with Gasteiger partial charge in [-0.05, 0) is 6.42 Å². The van der Waals surface area contributed by atoms with Crippen LogP contribution in [0.3, 0.4) is 0 Å². The molecule has 0 atom stereocenters. The Morgan fingerprint density at radius 3 is 2.67 bits per heavy atom. The first-order valence-corrected chi connectivity index (χ1v) is 4.11. The fraction of sp³-hybridized carbons (Fsp3) is 1.00. The zero-order valence-corrected chi connectivity index (χ0v) is 6.37. The summed E-state index contributed by atoms with van der Waals surface area (Å²) in [6.07, 6.45) is 3.10. The van der Waals surface area contributed by atoms with E-state index in [2.05, 4.69) is 11.1 Å². The lowest BCUT2D eigenvalue weighted by Crippen LogP contribution is -1.89. The molecule has 56 valence electrons. The summed E-state index contributed by atoms with van der Waals surface area (Å²) in [6.45, 7) is 2.53. The average molecular weight is 150 g/mol. The van der Waals surface area contributed by atoms with E-state index in [4.69, 9.17) is 4.78 Å². The van der Waals surface area contributed by atoms with Gasteiger partial charge in [0.2, 0.25) is 0 Å². The molecule has 4 heteroatoms. The minimum atomic E-state index is -1.82. The topological polar surface area (TPSA) is 50.1 Å². The van der Waals surface area contributed by atoms with E-state index in [1.54, 1.807) is 0 Å². The van der Waals surface area contributed by atoms with Crippen LogP contribution >= 0.6 is 0 Å². The highest BCUT2D eigenvalue weighted by molar-refractivity contribution is 7.68. The first-order chi connectivity index (χ1) is 4.27. The highest BCUT2D eigenvalue weighted by Crippen LogP contribution is 1.93. The third kappa shape index (κ3) is 7.91. The van der Waals surface area contributed by atoms with Gasteiger partial charge in [0, 0.05) is 6.61 Å². The van der Waals surface area contributed by atoms with Crippen molar-refractivity contribution < 1.29 is 8.39 Å². The molecule has 0 amide bonds. The fourth-order valence-electron chi connectivity index (χ4n) is 0.487. The van der Waals surface area contributed by atoms with E-state index in [0.717, 1.165) is 19.3 Å². The summed E-state index contributed by atoms with van der Waals surface area (Å²) in [5.41, 5.74) is 0. The van der Waals surface area contributed by atoms with Crippen molar-refractivity contribution in [1.82, 2.24) is 0 Å². The van der Waals surface area contributed by atoms with E-state index < -0.39 is 10.9 Å². The van der Waals surface area contributed by atoms with Crippen molar-refractivity contribution in [3.8, 4) is 0 Å². The Labute approximate surface area is 57.6 Å². The van der Waals surface area contributed by atoms with Crippen molar-refractivity contribution >= 4 is 10.9 Å². The van der Waals surface area contributed by atoms with Crippen molar-refractivity contribution in [2.75, 3.05) is 6.61 Å². The monoisotopic (exact) mass is 150 g/mol. The first-order valence-electron chi connectivity index (χ1n) is 3.03. The van der Waals surface area contributed by atoms with Crippen LogP contribution in [-0.4, -0.2) is 6.61 Å². The van der Waals surface area contributed by atoms with Crippen molar-refractivity contribution in [1.29, 1.82) is 4.78 Å². The van der Waals surface area contributed by atoms with Crippen LogP contribution in [0.25, 0.3) is 0 Å². The Morgan fingerprint density at radius 1 is 1.56 bits per heavy atom. The van der Waals surface area contributed by atoms with Gasteiger partial charge in [-0.15, -0.1) is 0 Å². The zero-order valence-electron chi connectivity index (χ0n) is 5.55. The molecule has 0 fully saturated rings. The second kappa shape index (κ2) is 6.04. The Kier molecular flexibility index (Phi) is 5.98. The SMILES string of the molecule is CCCCCO[S-](=N)=O. The van der Waals surface area contributed by atoms with Gasteiger partial charge < -0.3 is 13.2 Å². The molecule has 3 nitrogen and oxygen atoms in total. The molecule has 0 rings (SSSR count). The normalized spacial score (nSPS) is 10.4. The second-order valence-corrected chi connectivity index (χ2v) is 2.47. The molecule has 9 heavy (non-hydrogen) atoms. The van der Waals surface area contributed by atoms with E-state index >= 15 is 0 Å². The number of hydrogen-bond acceptors (Lipinski definition) is 4. The molecule has 0 saturated carbocycles. The van der Waals surface area contributed by atoms with Gasteiger partial charge in [0.05, 0.1) is 0 Å². The third-order valence-corrected chi connectivity index (χ3v) is 1.32. The van der Waals surface area contributed by atoms with Crippen LogP contribution in [0, 0.1) is 4.78 Å². The van der Waals surface area contributed by atoms with Crippen LogP contribution in [0.5, 0.6) is 0 Å². The quantitative estimate of drug-likeness (QED) is 0.480. The summed E-state index contributed by atoms with van der Waals surface area (Å²) >= 11 is 0. The smallest absolute Gasteiger partial charge is 0.0262 e. The van der Waals surface area contributed by atoms with Crippen LogP contribution in [0.4, 0.5) is 0 Å². The number of nitrogens with one attached hydrogen (secondary N) is 1. The van der Waals surface area contributed by atoms with Crippen LogP contribution in [0.2, 0.25) is 0 Å². The first kappa shape index (κ1) is 8.91. The van der Waals surface area contributed by atoms with Crippen LogP contribution in [-0.2, 0) is 19.3 Å². The van der Waals surface area contributed by atoms with Crippen LogP contribution < -0.4 is 0 Å². The molecular weight excluding hydrogens is 138 g/mol. The summed E-state index contributed by atoms with van der Waals surface area (Å²) in [6, 6.07) is 0. The van der Waals surface area contributed by atoms with Crippen molar-refractivity contribution in [3.63, 3.8) is 0 Å². The lowest BCUT2D eigenvalue weighted by molar-refractivity contribution is 0.332. The molecule has 1 N–H and O–H groups in total. The molecule has 0 bridgehead atoms. The van der Waals surface area contributed by atoms with Gasteiger partial charge >= 0.3 is 0 Å². The fourth-order valence-corrected chi connectivity index (χ4v) is 0.756. The van der Waals surface area contributed by atoms with E-state index in [0.29, 0.717) is 6.61 Å². The molecule has 0 radical (unpaired) electrons. The Morgan fingerprint density at radius 2 is 2.22 bits per heavy atom. The molecule has 0 aromatic heterocycles. The predicted molar refractivity (Wildman–Crippen MR) is 36.2 cm³/mol. The predicted octanol–water partition coefficient (Wildman–Crippen LogP) is 1.83.